The number of carbonyl (C=O) groups excluding carboxylic acids is 1. The van der Waals surface area contributed by atoms with Gasteiger partial charge in [0.05, 0.1) is 17.7 Å². The van der Waals surface area contributed by atoms with Gasteiger partial charge in [0, 0.05) is 38.3 Å². The highest BCUT2D eigenvalue weighted by molar-refractivity contribution is 7.89. The fourth-order valence-electron chi connectivity index (χ4n) is 4.54. The Labute approximate surface area is 216 Å². The number of fused-ring (bicyclic) bond motifs is 1. The molecule has 9 nitrogen and oxygen atoms in total. The molecule has 10 heteroatoms. The summed E-state index contributed by atoms with van der Waals surface area (Å²) in [5, 5.41) is 2.81. The summed E-state index contributed by atoms with van der Waals surface area (Å²) in [4.78, 5) is 15.2. The maximum atomic E-state index is 13.5. The van der Waals surface area contributed by atoms with Gasteiger partial charge in [0.25, 0.3) is 5.91 Å². The van der Waals surface area contributed by atoms with Gasteiger partial charge in [-0.3, -0.25) is 9.69 Å². The van der Waals surface area contributed by atoms with Crippen molar-refractivity contribution in [1.29, 1.82) is 0 Å². The van der Waals surface area contributed by atoms with E-state index in [-0.39, 0.29) is 17.6 Å². The van der Waals surface area contributed by atoms with Crippen LogP contribution in [0.4, 0.5) is 5.69 Å². The Morgan fingerprint density at radius 3 is 2.49 bits per heavy atom. The molecule has 5 rings (SSSR count). The predicted octanol–water partition coefficient (Wildman–Crippen LogP) is 3.49. The van der Waals surface area contributed by atoms with Gasteiger partial charge in [-0.05, 0) is 54.4 Å². The van der Waals surface area contributed by atoms with Gasteiger partial charge < -0.3 is 19.5 Å². The molecular weight excluding hydrogens is 494 g/mol. The molecule has 0 radical (unpaired) electrons. The topological polar surface area (TPSA) is 97.4 Å². The molecule has 2 aliphatic heterocycles. The molecule has 0 saturated carbocycles. The molecular formula is C27H29N3O6S. The van der Waals surface area contributed by atoms with Gasteiger partial charge in [-0.1, -0.05) is 24.3 Å². The van der Waals surface area contributed by atoms with Gasteiger partial charge in [0.1, 0.15) is 5.75 Å². The number of nitrogens with zero attached hydrogens (tertiary/aromatic N) is 2. The number of rotatable bonds is 7. The summed E-state index contributed by atoms with van der Waals surface area (Å²) in [6.45, 7) is 4.70. The number of anilines is 1. The number of ether oxygens (including phenoxy) is 3. The Kier molecular flexibility index (Phi) is 7.05. The van der Waals surface area contributed by atoms with E-state index in [2.05, 4.69) is 10.2 Å². The molecule has 3 aromatic rings. The molecule has 1 amide bonds. The SMILES string of the molecule is COc1ccc(S(=O)(=O)N2CCN(Cc3ccc4c(c3)OCO4)CC2)cc1NC(=O)c1ccccc1C. The molecule has 2 heterocycles. The molecule has 0 spiro atoms. The second-order valence-electron chi connectivity index (χ2n) is 9.00. The second-order valence-corrected chi connectivity index (χ2v) is 10.9. The Morgan fingerprint density at radius 1 is 0.973 bits per heavy atom. The first-order valence-corrected chi connectivity index (χ1v) is 13.5. The quantitative estimate of drug-likeness (QED) is 0.506. The van der Waals surface area contributed by atoms with Crippen LogP contribution in [0.5, 0.6) is 17.2 Å². The number of methoxy groups -OCH3 is 1. The van der Waals surface area contributed by atoms with Crippen molar-refractivity contribution >= 4 is 21.6 Å². The number of hydrogen-bond acceptors (Lipinski definition) is 7. The average molecular weight is 524 g/mol. The summed E-state index contributed by atoms with van der Waals surface area (Å²) in [6.07, 6.45) is 0. The summed E-state index contributed by atoms with van der Waals surface area (Å²) in [6, 6.07) is 17.6. The van der Waals surface area contributed by atoms with Crippen LogP contribution >= 0.6 is 0 Å². The van der Waals surface area contributed by atoms with Gasteiger partial charge >= 0.3 is 0 Å². The smallest absolute Gasteiger partial charge is 0.256 e. The van der Waals surface area contributed by atoms with Crippen LogP contribution in [0.3, 0.4) is 0 Å². The fraction of sp³-hybridized carbons (Fsp3) is 0.296. The van der Waals surface area contributed by atoms with E-state index in [1.807, 2.05) is 37.3 Å². The lowest BCUT2D eigenvalue weighted by atomic mass is 10.1. The van der Waals surface area contributed by atoms with E-state index in [1.165, 1.54) is 23.5 Å². The summed E-state index contributed by atoms with van der Waals surface area (Å²) in [7, 11) is -2.28. The van der Waals surface area contributed by atoms with Crippen LogP contribution in [0.1, 0.15) is 21.5 Å². The van der Waals surface area contributed by atoms with Crippen LogP contribution in [-0.2, 0) is 16.6 Å². The highest BCUT2D eigenvalue weighted by atomic mass is 32.2. The van der Waals surface area contributed by atoms with E-state index >= 15 is 0 Å². The van der Waals surface area contributed by atoms with E-state index in [4.69, 9.17) is 14.2 Å². The fourth-order valence-corrected chi connectivity index (χ4v) is 5.99. The number of carbonyl (C=O) groups is 1. The minimum atomic E-state index is -3.76. The minimum absolute atomic E-state index is 0.109. The average Bonchev–Trinajstić information content (AvgIpc) is 3.37. The van der Waals surface area contributed by atoms with Gasteiger partial charge in [0.2, 0.25) is 16.8 Å². The molecule has 2 aliphatic rings. The zero-order valence-corrected chi connectivity index (χ0v) is 21.6. The summed E-state index contributed by atoms with van der Waals surface area (Å²) in [5.41, 5.74) is 2.72. The molecule has 0 bridgehead atoms. The van der Waals surface area contributed by atoms with E-state index in [9.17, 15) is 13.2 Å². The second kappa shape index (κ2) is 10.4. The molecule has 0 unspecified atom stereocenters. The minimum Gasteiger partial charge on any atom is -0.495 e. The highest BCUT2D eigenvalue weighted by Crippen LogP contribution is 2.33. The molecule has 1 saturated heterocycles. The number of amides is 1. The number of aryl methyl sites for hydroxylation is 1. The largest absolute Gasteiger partial charge is 0.495 e. The van der Waals surface area contributed by atoms with Gasteiger partial charge in [-0.25, -0.2) is 8.42 Å². The number of nitrogens with one attached hydrogen (secondary N) is 1. The Hall–Kier alpha value is -3.60. The summed E-state index contributed by atoms with van der Waals surface area (Å²) in [5.74, 6) is 1.54. The van der Waals surface area contributed by atoms with Crippen molar-refractivity contribution in [2.24, 2.45) is 0 Å². The Balaban J connectivity index is 1.27. The van der Waals surface area contributed by atoms with E-state index in [0.717, 1.165) is 22.6 Å². The zero-order valence-electron chi connectivity index (χ0n) is 20.8. The van der Waals surface area contributed by atoms with Crippen molar-refractivity contribution in [1.82, 2.24) is 9.21 Å². The molecule has 37 heavy (non-hydrogen) atoms. The van der Waals surface area contributed by atoms with Crippen molar-refractivity contribution in [2.45, 2.75) is 18.4 Å². The van der Waals surface area contributed by atoms with Crippen molar-refractivity contribution in [3.05, 3.63) is 77.4 Å². The van der Waals surface area contributed by atoms with Crippen LogP contribution in [0.15, 0.2) is 65.6 Å². The lowest BCUT2D eigenvalue weighted by Gasteiger charge is -2.34. The number of sulfonamides is 1. The van der Waals surface area contributed by atoms with Crippen LogP contribution in [0, 0.1) is 6.92 Å². The van der Waals surface area contributed by atoms with Crippen LogP contribution in [0.25, 0.3) is 0 Å². The van der Waals surface area contributed by atoms with Gasteiger partial charge in [0.15, 0.2) is 11.5 Å². The van der Waals surface area contributed by atoms with Crippen LogP contribution in [-0.4, -0.2) is 63.6 Å². The monoisotopic (exact) mass is 523 g/mol. The van der Waals surface area contributed by atoms with Gasteiger partial charge in [-0.2, -0.15) is 4.31 Å². The molecule has 0 aromatic heterocycles. The number of hydrogen-bond donors (Lipinski definition) is 1. The molecule has 0 atom stereocenters. The third kappa shape index (κ3) is 5.27. The maximum absolute atomic E-state index is 13.5. The molecule has 1 fully saturated rings. The molecule has 3 aromatic carbocycles. The zero-order chi connectivity index (χ0) is 26.0. The van der Waals surface area contributed by atoms with Crippen molar-refractivity contribution in [3.63, 3.8) is 0 Å². The van der Waals surface area contributed by atoms with Crippen LogP contribution in [0.2, 0.25) is 0 Å². The highest BCUT2D eigenvalue weighted by Gasteiger charge is 2.29. The first-order valence-electron chi connectivity index (χ1n) is 12.0. The Morgan fingerprint density at radius 2 is 1.73 bits per heavy atom. The molecule has 194 valence electrons. The first-order chi connectivity index (χ1) is 17.8. The summed E-state index contributed by atoms with van der Waals surface area (Å²) < 4.78 is 44.6. The molecule has 0 aliphatic carbocycles. The third-order valence-electron chi connectivity index (χ3n) is 6.62. The van der Waals surface area contributed by atoms with E-state index < -0.39 is 10.0 Å². The Bertz CT molecular complexity index is 1420. The third-order valence-corrected chi connectivity index (χ3v) is 8.52. The summed E-state index contributed by atoms with van der Waals surface area (Å²) >= 11 is 0. The van der Waals surface area contributed by atoms with E-state index in [0.29, 0.717) is 49.7 Å². The van der Waals surface area contributed by atoms with Crippen LogP contribution < -0.4 is 19.5 Å². The lowest BCUT2D eigenvalue weighted by Crippen LogP contribution is -2.48. The first kappa shape index (κ1) is 25.1. The lowest BCUT2D eigenvalue weighted by molar-refractivity contribution is 0.102. The number of piperazine rings is 1. The van der Waals surface area contributed by atoms with E-state index in [1.54, 1.807) is 18.2 Å². The maximum Gasteiger partial charge on any atom is 0.256 e. The number of benzene rings is 3. The van der Waals surface area contributed by atoms with Crippen molar-refractivity contribution in [2.75, 3.05) is 45.4 Å². The predicted molar refractivity (Wildman–Crippen MR) is 139 cm³/mol. The van der Waals surface area contributed by atoms with Crippen molar-refractivity contribution in [3.8, 4) is 17.2 Å². The van der Waals surface area contributed by atoms with Crippen molar-refractivity contribution < 1.29 is 27.4 Å². The normalized spacial score (nSPS) is 15.9. The molecule has 1 N–H and O–H groups in total. The van der Waals surface area contributed by atoms with Gasteiger partial charge in [-0.15, -0.1) is 0 Å². The standard InChI is InChI=1S/C27H29N3O6S/c1-19-5-3-4-6-22(19)27(31)28-23-16-21(8-10-24(23)34-2)37(32,33)30-13-11-29(12-14-30)17-20-7-9-25-26(15-20)36-18-35-25/h3-10,15-16H,11-14,17-18H2,1-2H3,(H,28,31).